The van der Waals surface area contributed by atoms with Crippen LogP contribution in [0.5, 0.6) is 0 Å². The zero-order valence-electron chi connectivity index (χ0n) is 11.4. The summed E-state index contributed by atoms with van der Waals surface area (Å²) in [5, 5.41) is 6.96. The van der Waals surface area contributed by atoms with Crippen molar-refractivity contribution < 1.29 is 9.18 Å². The molecule has 1 aromatic carbocycles. The third-order valence-electron chi connectivity index (χ3n) is 3.46. The van der Waals surface area contributed by atoms with Crippen LogP contribution in [0.3, 0.4) is 0 Å². The number of halogens is 1. The first-order valence-electron chi connectivity index (χ1n) is 6.89. The second kappa shape index (κ2) is 6.32. The molecule has 1 aliphatic heterocycles. The van der Waals surface area contributed by atoms with Crippen molar-refractivity contribution in [1.82, 2.24) is 15.6 Å². The van der Waals surface area contributed by atoms with Gasteiger partial charge in [0, 0.05) is 32.0 Å². The molecule has 1 aromatic heterocycles. The number of thiazole rings is 1. The number of hydrogen-bond donors (Lipinski definition) is 2. The summed E-state index contributed by atoms with van der Waals surface area (Å²) < 4.78 is 12.8. The quantitative estimate of drug-likeness (QED) is 0.886. The van der Waals surface area contributed by atoms with Gasteiger partial charge in [-0.2, -0.15) is 0 Å². The van der Waals surface area contributed by atoms with Gasteiger partial charge in [-0.1, -0.05) is 12.1 Å². The Morgan fingerprint density at radius 2 is 2.14 bits per heavy atom. The van der Waals surface area contributed by atoms with E-state index in [1.807, 2.05) is 0 Å². The van der Waals surface area contributed by atoms with E-state index in [2.05, 4.69) is 15.6 Å². The number of amides is 1. The minimum atomic E-state index is -0.247. The third kappa shape index (κ3) is 3.65. The van der Waals surface area contributed by atoms with Gasteiger partial charge in [0.2, 0.25) is 0 Å². The normalized spacial score (nSPS) is 14.7. The van der Waals surface area contributed by atoms with Gasteiger partial charge in [0.25, 0.3) is 5.91 Å². The van der Waals surface area contributed by atoms with Crippen LogP contribution in [0.4, 0.5) is 4.39 Å². The van der Waals surface area contributed by atoms with Crippen molar-refractivity contribution >= 4 is 17.2 Å². The second-order valence-corrected chi connectivity index (χ2v) is 6.27. The molecule has 1 aliphatic rings. The van der Waals surface area contributed by atoms with Crippen LogP contribution in [0, 0.1) is 11.7 Å². The maximum atomic E-state index is 12.8. The number of carbonyl (C=O) groups is 1. The molecular weight excluding hydrogens is 289 g/mol. The van der Waals surface area contributed by atoms with Crippen LogP contribution >= 0.6 is 11.3 Å². The molecule has 0 saturated carbocycles. The molecule has 110 valence electrons. The predicted octanol–water partition coefficient (Wildman–Crippen LogP) is 1.82. The van der Waals surface area contributed by atoms with Gasteiger partial charge in [0.15, 0.2) is 0 Å². The third-order valence-corrected chi connectivity index (χ3v) is 4.46. The fraction of sp³-hybridized carbons (Fsp3) is 0.333. The summed E-state index contributed by atoms with van der Waals surface area (Å²) in [7, 11) is 0. The van der Waals surface area contributed by atoms with Crippen LogP contribution in [0.2, 0.25) is 0 Å². The molecule has 3 rings (SSSR count). The number of aromatic nitrogens is 1. The van der Waals surface area contributed by atoms with Crippen LogP contribution < -0.4 is 10.6 Å². The van der Waals surface area contributed by atoms with E-state index in [1.54, 1.807) is 18.3 Å². The van der Waals surface area contributed by atoms with Crippen molar-refractivity contribution in [2.75, 3.05) is 19.6 Å². The molecule has 2 N–H and O–H groups in total. The molecule has 0 atom stereocenters. The molecule has 0 aliphatic carbocycles. The zero-order chi connectivity index (χ0) is 14.7. The average Bonchev–Trinajstić information content (AvgIpc) is 2.88. The van der Waals surface area contributed by atoms with Gasteiger partial charge in [-0.3, -0.25) is 4.79 Å². The number of benzene rings is 1. The Labute approximate surface area is 126 Å². The number of hydrogen-bond acceptors (Lipinski definition) is 4. The molecule has 1 amide bonds. The molecular formula is C15H16FN3OS. The van der Waals surface area contributed by atoms with E-state index < -0.39 is 0 Å². The van der Waals surface area contributed by atoms with Crippen LogP contribution in [0.1, 0.15) is 20.2 Å². The fourth-order valence-electron chi connectivity index (χ4n) is 2.09. The lowest BCUT2D eigenvalue weighted by Gasteiger charge is -2.26. The predicted molar refractivity (Wildman–Crippen MR) is 80.0 cm³/mol. The number of nitrogens with zero attached hydrogens (tertiary/aromatic N) is 1. The maximum absolute atomic E-state index is 12.8. The average molecular weight is 305 g/mol. The van der Waals surface area contributed by atoms with Gasteiger partial charge in [0.05, 0.1) is 11.2 Å². The SMILES string of the molecule is O=C(NCC1CNC1)c1cnc(Cc2ccc(F)cc2)s1. The molecule has 0 bridgehead atoms. The lowest BCUT2D eigenvalue weighted by Crippen LogP contribution is -2.48. The molecule has 6 heteroatoms. The maximum Gasteiger partial charge on any atom is 0.263 e. The summed E-state index contributed by atoms with van der Waals surface area (Å²) in [6.07, 6.45) is 2.22. The van der Waals surface area contributed by atoms with E-state index >= 15 is 0 Å². The Balaban J connectivity index is 1.57. The Morgan fingerprint density at radius 3 is 2.81 bits per heavy atom. The molecule has 2 aromatic rings. The highest BCUT2D eigenvalue weighted by Crippen LogP contribution is 2.17. The summed E-state index contributed by atoms with van der Waals surface area (Å²) >= 11 is 1.38. The van der Waals surface area contributed by atoms with E-state index in [0.29, 0.717) is 23.8 Å². The molecule has 0 unspecified atom stereocenters. The van der Waals surface area contributed by atoms with Gasteiger partial charge in [0.1, 0.15) is 10.7 Å². The fourth-order valence-corrected chi connectivity index (χ4v) is 2.96. The van der Waals surface area contributed by atoms with E-state index in [0.717, 1.165) is 23.7 Å². The Hall–Kier alpha value is -1.79. The summed E-state index contributed by atoms with van der Waals surface area (Å²) in [5.41, 5.74) is 0.984. The van der Waals surface area contributed by atoms with Crippen LogP contribution in [0.15, 0.2) is 30.5 Å². The summed E-state index contributed by atoms with van der Waals surface area (Å²) in [5.74, 6) is 0.230. The van der Waals surface area contributed by atoms with E-state index in [-0.39, 0.29) is 11.7 Å². The van der Waals surface area contributed by atoms with Gasteiger partial charge in [-0.05, 0) is 17.7 Å². The van der Waals surface area contributed by atoms with Gasteiger partial charge >= 0.3 is 0 Å². The van der Waals surface area contributed by atoms with Gasteiger partial charge < -0.3 is 10.6 Å². The Morgan fingerprint density at radius 1 is 1.38 bits per heavy atom. The smallest absolute Gasteiger partial charge is 0.263 e. The first kappa shape index (κ1) is 14.2. The van der Waals surface area contributed by atoms with Crippen molar-refractivity contribution in [3.63, 3.8) is 0 Å². The van der Waals surface area contributed by atoms with Gasteiger partial charge in [-0.25, -0.2) is 9.37 Å². The van der Waals surface area contributed by atoms with Crippen molar-refractivity contribution in [3.8, 4) is 0 Å². The monoisotopic (exact) mass is 305 g/mol. The molecule has 1 fully saturated rings. The Bertz CT molecular complexity index is 622. The summed E-state index contributed by atoms with van der Waals surface area (Å²) in [6, 6.07) is 6.34. The minimum absolute atomic E-state index is 0.0650. The lowest BCUT2D eigenvalue weighted by atomic mass is 10.0. The minimum Gasteiger partial charge on any atom is -0.351 e. The van der Waals surface area contributed by atoms with E-state index in [1.165, 1.54) is 23.5 Å². The highest BCUT2D eigenvalue weighted by atomic mass is 32.1. The van der Waals surface area contributed by atoms with Gasteiger partial charge in [-0.15, -0.1) is 11.3 Å². The van der Waals surface area contributed by atoms with Crippen LogP contribution in [-0.2, 0) is 6.42 Å². The highest BCUT2D eigenvalue weighted by molar-refractivity contribution is 7.13. The van der Waals surface area contributed by atoms with Crippen molar-refractivity contribution in [3.05, 3.63) is 51.7 Å². The second-order valence-electron chi connectivity index (χ2n) is 5.16. The van der Waals surface area contributed by atoms with Crippen molar-refractivity contribution in [1.29, 1.82) is 0 Å². The topological polar surface area (TPSA) is 54.0 Å². The zero-order valence-corrected chi connectivity index (χ0v) is 12.3. The van der Waals surface area contributed by atoms with Crippen molar-refractivity contribution in [2.45, 2.75) is 6.42 Å². The molecule has 1 saturated heterocycles. The van der Waals surface area contributed by atoms with Crippen LogP contribution in [0.25, 0.3) is 0 Å². The molecule has 0 radical (unpaired) electrons. The highest BCUT2D eigenvalue weighted by Gasteiger charge is 2.18. The molecule has 2 heterocycles. The summed E-state index contributed by atoms with van der Waals surface area (Å²) in [4.78, 5) is 16.9. The van der Waals surface area contributed by atoms with Crippen LogP contribution in [-0.4, -0.2) is 30.5 Å². The molecule has 4 nitrogen and oxygen atoms in total. The largest absolute Gasteiger partial charge is 0.351 e. The first-order chi connectivity index (χ1) is 10.2. The lowest BCUT2D eigenvalue weighted by molar-refractivity contribution is 0.0946. The first-order valence-corrected chi connectivity index (χ1v) is 7.70. The molecule has 0 spiro atoms. The van der Waals surface area contributed by atoms with E-state index in [4.69, 9.17) is 0 Å². The number of rotatable bonds is 5. The Kier molecular flexibility index (Phi) is 4.26. The molecule has 21 heavy (non-hydrogen) atoms. The number of nitrogens with one attached hydrogen (secondary N) is 2. The number of carbonyl (C=O) groups excluding carboxylic acids is 1. The van der Waals surface area contributed by atoms with Crippen molar-refractivity contribution in [2.24, 2.45) is 5.92 Å². The summed E-state index contributed by atoms with van der Waals surface area (Å²) in [6.45, 7) is 2.65. The standard InChI is InChI=1S/C15H16FN3OS/c16-12-3-1-10(2-4-12)5-14-18-9-13(21-14)15(20)19-8-11-6-17-7-11/h1-4,9,11,17H,5-8H2,(H,19,20). The van der Waals surface area contributed by atoms with E-state index in [9.17, 15) is 9.18 Å².